The third kappa shape index (κ3) is 3.29. The van der Waals surface area contributed by atoms with E-state index in [1.807, 2.05) is 13.8 Å². The largest absolute Gasteiger partial charge is 0.311 e. The van der Waals surface area contributed by atoms with Gasteiger partial charge in [0.15, 0.2) is 0 Å². The third-order valence-electron chi connectivity index (χ3n) is 4.46. The van der Waals surface area contributed by atoms with Crippen LogP contribution in [0, 0.1) is 0 Å². The highest BCUT2D eigenvalue weighted by molar-refractivity contribution is 7.86. The van der Waals surface area contributed by atoms with Crippen molar-refractivity contribution in [3.05, 3.63) is 0 Å². The van der Waals surface area contributed by atoms with E-state index in [9.17, 15) is 8.42 Å². The monoisotopic (exact) mass is 289 g/mol. The van der Waals surface area contributed by atoms with Crippen molar-refractivity contribution in [3.8, 4) is 0 Å². The van der Waals surface area contributed by atoms with E-state index in [1.54, 1.807) is 15.7 Å². The minimum absolute atomic E-state index is 0.0345. The minimum Gasteiger partial charge on any atom is -0.311 e. The average Bonchev–Trinajstić information content (AvgIpc) is 2.41. The van der Waals surface area contributed by atoms with Crippen molar-refractivity contribution in [3.63, 3.8) is 0 Å². The molecule has 6 heteroatoms. The SMILES string of the molecule is CC1CN(S(=O)(=O)N(C)C2CCCCC2)C(C)CN1. The van der Waals surface area contributed by atoms with Crippen LogP contribution in [0.15, 0.2) is 0 Å². The lowest BCUT2D eigenvalue weighted by molar-refractivity contribution is 0.209. The smallest absolute Gasteiger partial charge is 0.282 e. The van der Waals surface area contributed by atoms with E-state index in [-0.39, 0.29) is 18.1 Å². The molecule has 112 valence electrons. The van der Waals surface area contributed by atoms with Crippen LogP contribution < -0.4 is 5.32 Å². The Morgan fingerprint density at radius 1 is 1.16 bits per heavy atom. The van der Waals surface area contributed by atoms with E-state index >= 15 is 0 Å². The molecular weight excluding hydrogens is 262 g/mol. The van der Waals surface area contributed by atoms with Crippen LogP contribution in [0.5, 0.6) is 0 Å². The van der Waals surface area contributed by atoms with Gasteiger partial charge in [-0.3, -0.25) is 0 Å². The molecule has 0 bridgehead atoms. The molecule has 1 heterocycles. The molecule has 0 amide bonds. The van der Waals surface area contributed by atoms with Crippen LogP contribution in [0.1, 0.15) is 46.0 Å². The van der Waals surface area contributed by atoms with Crippen molar-refractivity contribution >= 4 is 10.2 Å². The third-order valence-corrected chi connectivity index (χ3v) is 6.58. The van der Waals surface area contributed by atoms with Crippen molar-refractivity contribution < 1.29 is 8.42 Å². The summed E-state index contributed by atoms with van der Waals surface area (Å²) in [5, 5.41) is 3.33. The summed E-state index contributed by atoms with van der Waals surface area (Å²) < 4.78 is 28.8. The normalized spacial score (nSPS) is 31.8. The topological polar surface area (TPSA) is 52.7 Å². The molecule has 2 aliphatic rings. The highest BCUT2D eigenvalue weighted by Crippen LogP contribution is 2.26. The molecule has 0 aromatic carbocycles. The molecule has 0 aromatic rings. The van der Waals surface area contributed by atoms with Gasteiger partial charge in [0.1, 0.15) is 0 Å². The first kappa shape index (κ1) is 15.2. The molecule has 1 saturated carbocycles. The maximum Gasteiger partial charge on any atom is 0.282 e. The molecule has 2 atom stereocenters. The fourth-order valence-electron chi connectivity index (χ4n) is 3.11. The molecule has 2 rings (SSSR count). The van der Waals surface area contributed by atoms with Crippen LogP contribution in [-0.2, 0) is 10.2 Å². The van der Waals surface area contributed by atoms with Crippen molar-refractivity contribution in [1.82, 2.24) is 13.9 Å². The maximum absolute atomic E-state index is 12.8. The summed E-state index contributed by atoms with van der Waals surface area (Å²) >= 11 is 0. The zero-order valence-corrected chi connectivity index (χ0v) is 13.1. The van der Waals surface area contributed by atoms with Crippen molar-refractivity contribution in [1.29, 1.82) is 0 Å². The first-order chi connectivity index (χ1) is 8.93. The standard InChI is InChI=1S/C13H27N3O2S/c1-11-10-16(12(2)9-14-11)19(17,18)15(3)13-7-5-4-6-8-13/h11-14H,4-10H2,1-3H3. The molecule has 1 aliphatic carbocycles. The maximum atomic E-state index is 12.8. The van der Waals surface area contributed by atoms with Crippen molar-refractivity contribution in [2.75, 3.05) is 20.1 Å². The average molecular weight is 289 g/mol. The zero-order chi connectivity index (χ0) is 14.0. The Labute approximate surface area is 117 Å². The predicted molar refractivity (Wildman–Crippen MR) is 77.2 cm³/mol. The minimum atomic E-state index is -3.32. The van der Waals surface area contributed by atoms with Crippen LogP contribution in [0.3, 0.4) is 0 Å². The summed E-state index contributed by atoms with van der Waals surface area (Å²) in [7, 11) is -1.56. The molecule has 0 radical (unpaired) electrons. The predicted octanol–water partition coefficient (Wildman–Crippen LogP) is 1.18. The second kappa shape index (κ2) is 6.08. The Hall–Kier alpha value is -0.170. The number of nitrogens with one attached hydrogen (secondary N) is 1. The van der Waals surface area contributed by atoms with Crippen molar-refractivity contribution in [2.24, 2.45) is 0 Å². The van der Waals surface area contributed by atoms with Crippen LogP contribution in [0.4, 0.5) is 0 Å². The number of piperazine rings is 1. The van der Waals surface area contributed by atoms with Gasteiger partial charge in [-0.1, -0.05) is 19.3 Å². The Balaban J connectivity index is 2.11. The summed E-state index contributed by atoms with van der Waals surface area (Å²) in [6.07, 6.45) is 5.55. The Kier molecular flexibility index (Phi) is 4.87. The summed E-state index contributed by atoms with van der Waals surface area (Å²) in [4.78, 5) is 0. The number of nitrogens with zero attached hydrogens (tertiary/aromatic N) is 2. The quantitative estimate of drug-likeness (QED) is 0.849. The van der Waals surface area contributed by atoms with Gasteiger partial charge in [-0.2, -0.15) is 17.0 Å². The van der Waals surface area contributed by atoms with Crippen LogP contribution in [0.25, 0.3) is 0 Å². The van der Waals surface area contributed by atoms with Gasteiger partial charge in [-0.05, 0) is 26.7 Å². The van der Waals surface area contributed by atoms with E-state index in [0.29, 0.717) is 6.54 Å². The zero-order valence-electron chi connectivity index (χ0n) is 12.3. The van der Waals surface area contributed by atoms with Gasteiger partial charge < -0.3 is 5.32 Å². The first-order valence-corrected chi connectivity index (χ1v) is 8.81. The van der Waals surface area contributed by atoms with Crippen LogP contribution >= 0.6 is 0 Å². The molecule has 1 saturated heterocycles. The molecule has 0 spiro atoms. The van der Waals surface area contributed by atoms with E-state index in [2.05, 4.69) is 5.32 Å². The van der Waals surface area contributed by atoms with Gasteiger partial charge in [-0.25, -0.2) is 0 Å². The highest BCUT2D eigenvalue weighted by Gasteiger charge is 2.37. The molecule has 1 N–H and O–H groups in total. The Morgan fingerprint density at radius 3 is 2.42 bits per heavy atom. The van der Waals surface area contributed by atoms with Crippen LogP contribution in [-0.4, -0.2) is 55.3 Å². The van der Waals surface area contributed by atoms with Gasteiger partial charge in [-0.15, -0.1) is 0 Å². The second-order valence-electron chi connectivity index (χ2n) is 6.04. The lowest BCUT2D eigenvalue weighted by atomic mass is 9.96. The molecule has 1 aliphatic heterocycles. The number of hydrogen-bond acceptors (Lipinski definition) is 3. The summed E-state index contributed by atoms with van der Waals surface area (Å²) in [6.45, 7) is 5.32. The Morgan fingerprint density at radius 2 is 1.79 bits per heavy atom. The molecule has 2 unspecified atom stereocenters. The second-order valence-corrected chi connectivity index (χ2v) is 7.98. The Bertz CT molecular complexity index is 393. The van der Waals surface area contributed by atoms with Gasteiger partial charge in [0, 0.05) is 38.3 Å². The summed E-state index contributed by atoms with van der Waals surface area (Å²) in [5.41, 5.74) is 0. The van der Waals surface area contributed by atoms with Crippen LogP contribution in [0.2, 0.25) is 0 Å². The van der Waals surface area contributed by atoms with Gasteiger partial charge >= 0.3 is 0 Å². The van der Waals surface area contributed by atoms with Gasteiger partial charge in [0.25, 0.3) is 10.2 Å². The highest BCUT2D eigenvalue weighted by atomic mass is 32.2. The molecule has 2 fully saturated rings. The molecule has 19 heavy (non-hydrogen) atoms. The van der Waals surface area contributed by atoms with Gasteiger partial charge in [0.2, 0.25) is 0 Å². The molecule has 0 aromatic heterocycles. The first-order valence-electron chi connectivity index (χ1n) is 7.41. The lowest BCUT2D eigenvalue weighted by Crippen LogP contribution is -2.59. The molecule has 5 nitrogen and oxygen atoms in total. The lowest BCUT2D eigenvalue weighted by Gasteiger charge is -2.41. The van der Waals surface area contributed by atoms with E-state index in [4.69, 9.17) is 0 Å². The van der Waals surface area contributed by atoms with Crippen molar-refractivity contribution in [2.45, 2.75) is 64.1 Å². The fourth-order valence-corrected chi connectivity index (χ4v) is 4.97. The number of hydrogen-bond donors (Lipinski definition) is 1. The van der Waals surface area contributed by atoms with E-state index in [1.165, 1.54) is 6.42 Å². The summed E-state index contributed by atoms with van der Waals surface area (Å²) in [6, 6.07) is 0.453. The van der Waals surface area contributed by atoms with E-state index in [0.717, 1.165) is 32.2 Å². The van der Waals surface area contributed by atoms with Gasteiger partial charge in [0.05, 0.1) is 0 Å². The fraction of sp³-hybridized carbons (Fsp3) is 1.00. The summed E-state index contributed by atoms with van der Waals surface area (Å²) in [5.74, 6) is 0. The molecular formula is C13H27N3O2S. The number of rotatable bonds is 3. The van der Waals surface area contributed by atoms with E-state index < -0.39 is 10.2 Å².